The Morgan fingerprint density at radius 2 is 1.57 bits per heavy atom. The lowest BCUT2D eigenvalue weighted by atomic mass is 10.1. The molecule has 0 aliphatic rings. The summed E-state index contributed by atoms with van der Waals surface area (Å²) in [5.41, 5.74) is 4.98. The molecule has 0 bridgehead atoms. The summed E-state index contributed by atoms with van der Waals surface area (Å²) >= 11 is 0. The van der Waals surface area contributed by atoms with Crippen LogP contribution in [-0.4, -0.2) is 11.7 Å². The maximum absolute atomic E-state index is 5.41. The van der Waals surface area contributed by atoms with Gasteiger partial charge >= 0.3 is 0 Å². The van der Waals surface area contributed by atoms with Crippen LogP contribution < -0.4 is 4.74 Å². The lowest BCUT2D eigenvalue weighted by molar-refractivity contribution is 0.415. The van der Waals surface area contributed by atoms with E-state index in [9.17, 15) is 0 Å². The smallest absolute Gasteiger partial charge is 0.119 e. The molecule has 0 spiro atoms. The van der Waals surface area contributed by atoms with Crippen LogP contribution in [0.2, 0.25) is 0 Å². The molecule has 2 nitrogen and oxygen atoms in total. The first-order valence-electron chi connectivity index (χ1n) is 7.98. The van der Waals surface area contributed by atoms with Gasteiger partial charge < -0.3 is 9.30 Å². The van der Waals surface area contributed by atoms with Gasteiger partial charge in [-0.1, -0.05) is 37.3 Å². The molecule has 0 saturated heterocycles. The van der Waals surface area contributed by atoms with E-state index < -0.39 is 0 Å². The summed E-state index contributed by atoms with van der Waals surface area (Å²) in [7, 11) is 1.71. The van der Waals surface area contributed by atoms with Gasteiger partial charge in [0.1, 0.15) is 5.75 Å². The van der Waals surface area contributed by atoms with Gasteiger partial charge in [0.15, 0.2) is 0 Å². The van der Waals surface area contributed by atoms with Crippen LogP contribution in [0.5, 0.6) is 5.75 Å². The standard InChI is InChI=1S/C21H19NO/c1-3-15-8-10-16(11-9-15)22-20-7-5-4-6-18(20)19-14-17(23-2)12-13-21(19)22/h4-14H,3H2,1-2H3. The minimum Gasteiger partial charge on any atom is -0.497 e. The van der Waals surface area contributed by atoms with E-state index in [4.69, 9.17) is 4.74 Å². The predicted molar refractivity (Wildman–Crippen MR) is 96.7 cm³/mol. The predicted octanol–water partition coefficient (Wildman–Crippen LogP) is 5.35. The second-order valence-corrected chi connectivity index (χ2v) is 5.76. The Labute approximate surface area is 135 Å². The maximum Gasteiger partial charge on any atom is 0.119 e. The summed E-state index contributed by atoms with van der Waals surface area (Å²) in [6, 6.07) is 23.6. The third kappa shape index (κ3) is 2.18. The summed E-state index contributed by atoms with van der Waals surface area (Å²) in [6.45, 7) is 2.18. The molecule has 0 aliphatic heterocycles. The highest BCUT2D eigenvalue weighted by molar-refractivity contribution is 6.09. The highest BCUT2D eigenvalue weighted by Gasteiger charge is 2.12. The van der Waals surface area contributed by atoms with Crippen LogP contribution in [-0.2, 0) is 6.42 Å². The molecule has 0 amide bonds. The molecule has 23 heavy (non-hydrogen) atoms. The summed E-state index contributed by atoms with van der Waals surface area (Å²) in [4.78, 5) is 0. The van der Waals surface area contributed by atoms with Crippen molar-refractivity contribution in [3.05, 3.63) is 72.3 Å². The average Bonchev–Trinajstić information content (AvgIpc) is 2.95. The summed E-state index contributed by atoms with van der Waals surface area (Å²) in [5.74, 6) is 0.890. The zero-order chi connectivity index (χ0) is 15.8. The zero-order valence-electron chi connectivity index (χ0n) is 13.4. The van der Waals surface area contributed by atoms with Crippen molar-refractivity contribution in [2.24, 2.45) is 0 Å². The number of methoxy groups -OCH3 is 1. The largest absolute Gasteiger partial charge is 0.497 e. The fourth-order valence-electron chi connectivity index (χ4n) is 3.24. The highest BCUT2D eigenvalue weighted by atomic mass is 16.5. The fraction of sp³-hybridized carbons (Fsp3) is 0.143. The second kappa shape index (κ2) is 5.47. The minimum absolute atomic E-state index is 0.890. The van der Waals surface area contributed by atoms with Gasteiger partial charge in [-0.2, -0.15) is 0 Å². The molecular weight excluding hydrogens is 282 g/mol. The molecule has 1 heterocycles. The van der Waals surface area contributed by atoms with Gasteiger partial charge in [-0.3, -0.25) is 0 Å². The number of ether oxygens (including phenoxy) is 1. The first-order valence-corrected chi connectivity index (χ1v) is 7.98. The van der Waals surface area contributed by atoms with Crippen LogP contribution in [0.3, 0.4) is 0 Å². The van der Waals surface area contributed by atoms with E-state index in [0.717, 1.165) is 12.2 Å². The van der Waals surface area contributed by atoms with Crippen molar-refractivity contribution in [2.45, 2.75) is 13.3 Å². The van der Waals surface area contributed by atoms with Crippen molar-refractivity contribution in [2.75, 3.05) is 7.11 Å². The first-order chi connectivity index (χ1) is 11.3. The monoisotopic (exact) mass is 301 g/mol. The number of aromatic nitrogens is 1. The molecular formula is C21H19NO. The summed E-state index contributed by atoms with van der Waals surface area (Å²) < 4.78 is 7.73. The number of rotatable bonds is 3. The van der Waals surface area contributed by atoms with Crippen molar-refractivity contribution in [1.29, 1.82) is 0 Å². The Kier molecular flexibility index (Phi) is 3.30. The van der Waals surface area contributed by atoms with Gasteiger partial charge in [-0.15, -0.1) is 0 Å². The molecule has 114 valence electrons. The fourth-order valence-corrected chi connectivity index (χ4v) is 3.24. The molecule has 2 heteroatoms. The van der Waals surface area contributed by atoms with Crippen molar-refractivity contribution >= 4 is 21.8 Å². The SMILES string of the molecule is CCc1ccc(-n2c3ccccc3c3cc(OC)ccc32)cc1. The van der Waals surface area contributed by atoms with E-state index in [0.29, 0.717) is 0 Å². The van der Waals surface area contributed by atoms with Gasteiger partial charge in [0.25, 0.3) is 0 Å². The molecule has 4 rings (SSSR count). The number of hydrogen-bond donors (Lipinski definition) is 0. The molecule has 0 fully saturated rings. The molecule has 4 aromatic rings. The number of aryl methyl sites for hydroxylation is 1. The lowest BCUT2D eigenvalue weighted by Gasteiger charge is -2.09. The number of hydrogen-bond acceptors (Lipinski definition) is 1. The van der Waals surface area contributed by atoms with Gasteiger partial charge in [0.05, 0.1) is 18.1 Å². The molecule has 1 aromatic heterocycles. The Morgan fingerprint density at radius 3 is 2.30 bits per heavy atom. The van der Waals surface area contributed by atoms with Crippen molar-refractivity contribution in [3.63, 3.8) is 0 Å². The highest BCUT2D eigenvalue weighted by Crippen LogP contribution is 2.34. The molecule has 0 unspecified atom stereocenters. The molecule has 0 radical (unpaired) electrons. The quantitative estimate of drug-likeness (QED) is 0.497. The topological polar surface area (TPSA) is 14.2 Å². The molecule has 0 saturated carbocycles. The molecule has 0 N–H and O–H groups in total. The van der Waals surface area contributed by atoms with Gasteiger partial charge in [0.2, 0.25) is 0 Å². The van der Waals surface area contributed by atoms with Crippen LogP contribution in [0.25, 0.3) is 27.5 Å². The van der Waals surface area contributed by atoms with Crippen molar-refractivity contribution < 1.29 is 4.74 Å². The van der Waals surface area contributed by atoms with Crippen LogP contribution in [0.4, 0.5) is 0 Å². The van der Waals surface area contributed by atoms with Gasteiger partial charge in [-0.05, 0) is 48.4 Å². The van der Waals surface area contributed by atoms with E-state index in [1.54, 1.807) is 7.11 Å². The average molecular weight is 301 g/mol. The summed E-state index contributed by atoms with van der Waals surface area (Å²) in [5, 5.41) is 2.47. The molecule has 0 aliphatic carbocycles. The van der Waals surface area contributed by atoms with Crippen LogP contribution in [0.1, 0.15) is 12.5 Å². The normalized spacial score (nSPS) is 11.2. The number of fused-ring (bicyclic) bond motifs is 3. The van der Waals surface area contributed by atoms with Gasteiger partial charge in [0, 0.05) is 16.5 Å². The van der Waals surface area contributed by atoms with E-state index in [1.807, 2.05) is 6.07 Å². The van der Waals surface area contributed by atoms with Crippen LogP contribution in [0, 0.1) is 0 Å². The third-order valence-electron chi connectivity index (χ3n) is 4.48. The number of para-hydroxylation sites is 1. The lowest BCUT2D eigenvalue weighted by Crippen LogP contribution is -1.94. The Bertz CT molecular complexity index is 980. The first kappa shape index (κ1) is 13.9. The number of nitrogens with zero attached hydrogens (tertiary/aromatic N) is 1. The number of benzene rings is 3. The van der Waals surface area contributed by atoms with Crippen LogP contribution >= 0.6 is 0 Å². The third-order valence-corrected chi connectivity index (χ3v) is 4.48. The second-order valence-electron chi connectivity index (χ2n) is 5.76. The van der Waals surface area contributed by atoms with Crippen molar-refractivity contribution in [1.82, 2.24) is 4.57 Å². The summed E-state index contributed by atoms with van der Waals surface area (Å²) in [6.07, 6.45) is 1.06. The minimum atomic E-state index is 0.890. The van der Waals surface area contributed by atoms with Crippen molar-refractivity contribution in [3.8, 4) is 11.4 Å². The van der Waals surface area contributed by atoms with E-state index >= 15 is 0 Å². The van der Waals surface area contributed by atoms with Crippen LogP contribution in [0.15, 0.2) is 66.7 Å². The molecule has 3 aromatic carbocycles. The van der Waals surface area contributed by atoms with E-state index in [1.165, 1.54) is 33.1 Å². The van der Waals surface area contributed by atoms with E-state index in [2.05, 4.69) is 72.2 Å². The zero-order valence-corrected chi connectivity index (χ0v) is 13.4. The Balaban J connectivity index is 2.06. The molecule has 0 atom stereocenters. The van der Waals surface area contributed by atoms with Gasteiger partial charge in [-0.25, -0.2) is 0 Å². The Morgan fingerprint density at radius 1 is 0.826 bits per heavy atom. The Hall–Kier alpha value is -2.74. The van der Waals surface area contributed by atoms with E-state index in [-0.39, 0.29) is 0 Å². The maximum atomic E-state index is 5.41.